The molecule has 1 aliphatic rings. The summed E-state index contributed by atoms with van der Waals surface area (Å²) in [6.07, 6.45) is 3.69. The first-order valence-corrected chi connectivity index (χ1v) is 7.59. The Morgan fingerprint density at radius 2 is 2.24 bits per heavy atom. The molecule has 0 unspecified atom stereocenters. The van der Waals surface area contributed by atoms with Crippen molar-refractivity contribution in [3.63, 3.8) is 0 Å². The Bertz CT molecular complexity index is 527. The lowest BCUT2D eigenvalue weighted by molar-refractivity contribution is -0.131. The van der Waals surface area contributed by atoms with Crippen LogP contribution in [0.15, 0.2) is 18.3 Å². The number of aromatic nitrogens is 1. The van der Waals surface area contributed by atoms with E-state index in [2.05, 4.69) is 17.2 Å². The summed E-state index contributed by atoms with van der Waals surface area (Å²) in [6.45, 7) is 3.48. The van der Waals surface area contributed by atoms with Gasteiger partial charge >= 0.3 is 0 Å². The van der Waals surface area contributed by atoms with Crippen LogP contribution in [0.2, 0.25) is 0 Å². The van der Waals surface area contributed by atoms with Crippen molar-refractivity contribution in [1.82, 2.24) is 10.3 Å². The van der Waals surface area contributed by atoms with Crippen molar-refractivity contribution in [3.05, 3.63) is 29.6 Å². The van der Waals surface area contributed by atoms with E-state index in [0.29, 0.717) is 32.6 Å². The minimum atomic E-state index is -0.783. The number of hydrogen-bond acceptors (Lipinski definition) is 4. The zero-order valence-electron chi connectivity index (χ0n) is 12.2. The lowest BCUT2D eigenvalue weighted by atomic mass is 9.79. The SMILES string of the molecule is CCc1cccnc1CNC(=O)C1(C(N)=S)CCOCC1. The van der Waals surface area contributed by atoms with Crippen molar-refractivity contribution < 1.29 is 9.53 Å². The summed E-state index contributed by atoms with van der Waals surface area (Å²) >= 11 is 5.13. The molecular weight excluding hydrogens is 286 g/mol. The van der Waals surface area contributed by atoms with Crippen LogP contribution in [0.1, 0.15) is 31.0 Å². The normalized spacial score (nSPS) is 17.2. The van der Waals surface area contributed by atoms with E-state index in [4.69, 9.17) is 22.7 Å². The molecule has 3 N–H and O–H groups in total. The van der Waals surface area contributed by atoms with Crippen molar-refractivity contribution in [2.24, 2.45) is 11.1 Å². The smallest absolute Gasteiger partial charge is 0.233 e. The summed E-state index contributed by atoms with van der Waals surface area (Å²) in [4.78, 5) is 17.2. The zero-order valence-corrected chi connectivity index (χ0v) is 13.0. The van der Waals surface area contributed by atoms with Gasteiger partial charge in [-0.3, -0.25) is 9.78 Å². The van der Waals surface area contributed by atoms with Crippen LogP contribution in [-0.2, 0) is 22.5 Å². The molecule has 0 saturated carbocycles. The summed E-state index contributed by atoms with van der Waals surface area (Å²) < 4.78 is 5.32. The fraction of sp³-hybridized carbons (Fsp3) is 0.533. The summed E-state index contributed by atoms with van der Waals surface area (Å²) in [5.41, 5.74) is 7.07. The molecule has 0 aromatic carbocycles. The van der Waals surface area contributed by atoms with E-state index in [1.165, 1.54) is 0 Å². The predicted molar refractivity (Wildman–Crippen MR) is 84.7 cm³/mol. The third-order valence-electron chi connectivity index (χ3n) is 4.03. The number of thiocarbonyl (C=S) groups is 1. The molecule has 0 atom stereocenters. The van der Waals surface area contributed by atoms with Gasteiger partial charge in [-0.15, -0.1) is 0 Å². The van der Waals surface area contributed by atoms with E-state index < -0.39 is 5.41 Å². The third-order valence-corrected chi connectivity index (χ3v) is 4.43. The molecule has 0 radical (unpaired) electrons. The number of aryl methyl sites for hydroxylation is 1. The van der Waals surface area contributed by atoms with Gasteiger partial charge in [0.25, 0.3) is 0 Å². The van der Waals surface area contributed by atoms with Gasteiger partial charge < -0.3 is 15.8 Å². The minimum Gasteiger partial charge on any atom is -0.392 e. The van der Waals surface area contributed by atoms with Crippen LogP contribution < -0.4 is 11.1 Å². The fourth-order valence-electron chi connectivity index (χ4n) is 2.59. The molecule has 5 nitrogen and oxygen atoms in total. The number of carbonyl (C=O) groups is 1. The number of amides is 1. The van der Waals surface area contributed by atoms with Gasteiger partial charge in [0.15, 0.2) is 0 Å². The van der Waals surface area contributed by atoms with E-state index in [1.54, 1.807) is 6.20 Å². The summed E-state index contributed by atoms with van der Waals surface area (Å²) in [6, 6.07) is 3.92. The van der Waals surface area contributed by atoms with Crippen LogP contribution in [0.25, 0.3) is 0 Å². The maximum Gasteiger partial charge on any atom is 0.233 e. The molecule has 2 rings (SSSR count). The number of rotatable bonds is 5. The molecule has 1 fully saturated rings. The van der Waals surface area contributed by atoms with Crippen LogP contribution in [0.3, 0.4) is 0 Å². The molecular formula is C15H21N3O2S. The molecule has 1 aliphatic heterocycles. The molecule has 0 spiro atoms. The number of pyridine rings is 1. The van der Waals surface area contributed by atoms with E-state index in [0.717, 1.165) is 17.7 Å². The number of nitrogens with two attached hydrogens (primary N) is 1. The highest BCUT2D eigenvalue weighted by Crippen LogP contribution is 2.31. The van der Waals surface area contributed by atoms with Crippen LogP contribution in [0.5, 0.6) is 0 Å². The number of nitrogens with zero attached hydrogens (tertiary/aromatic N) is 1. The molecule has 0 bridgehead atoms. The van der Waals surface area contributed by atoms with Gasteiger partial charge in [0, 0.05) is 19.4 Å². The van der Waals surface area contributed by atoms with E-state index >= 15 is 0 Å². The van der Waals surface area contributed by atoms with E-state index in [1.807, 2.05) is 12.1 Å². The van der Waals surface area contributed by atoms with E-state index in [9.17, 15) is 4.79 Å². The Balaban J connectivity index is 2.07. The lowest BCUT2D eigenvalue weighted by Gasteiger charge is -2.34. The molecule has 21 heavy (non-hydrogen) atoms. The zero-order chi connectivity index (χ0) is 15.3. The van der Waals surface area contributed by atoms with Crippen molar-refractivity contribution in [2.45, 2.75) is 32.7 Å². The molecule has 2 heterocycles. The second-order valence-electron chi connectivity index (χ2n) is 5.20. The second-order valence-corrected chi connectivity index (χ2v) is 5.64. The largest absolute Gasteiger partial charge is 0.392 e. The Morgan fingerprint density at radius 1 is 1.52 bits per heavy atom. The molecule has 6 heteroatoms. The topological polar surface area (TPSA) is 77.2 Å². The Kier molecular flexibility index (Phi) is 5.25. The van der Waals surface area contributed by atoms with Crippen molar-refractivity contribution in [2.75, 3.05) is 13.2 Å². The van der Waals surface area contributed by atoms with Crippen molar-refractivity contribution in [1.29, 1.82) is 0 Å². The second kappa shape index (κ2) is 6.95. The van der Waals surface area contributed by atoms with Crippen LogP contribution in [0.4, 0.5) is 0 Å². The monoisotopic (exact) mass is 307 g/mol. The maximum absolute atomic E-state index is 12.6. The predicted octanol–water partition coefficient (Wildman–Crippen LogP) is 1.34. The number of nitrogens with one attached hydrogen (secondary N) is 1. The van der Waals surface area contributed by atoms with Crippen LogP contribution in [0, 0.1) is 5.41 Å². The standard InChI is InChI=1S/C15H21N3O2S/c1-2-11-4-3-7-17-12(11)10-18-14(19)15(13(16)21)5-8-20-9-6-15/h3-4,7H,2,5-6,8-10H2,1H3,(H2,16,21)(H,18,19). The van der Waals surface area contributed by atoms with Gasteiger partial charge in [-0.1, -0.05) is 25.2 Å². The lowest BCUT2D eigenvalue weighted by Crippen LogP contribution is -2.51. The van der Waals surface area contributed by atoms with Gasteiger partial charge in [0.2, 0.25) is 5.91 Å². The van der Waals surface area contributed by atoms with Gasteiger partial charge in [-0.2, -0.15) is 0 Å². The van der Waals surface area contributed by atoms with Crippen LogP contribution in [-0.4, -0.2) is 29.1 Å². The Hall–Kier alpha value is -1.53. The average molecular weight is 307 g/mol. The molecule has 114 valence electrons. The summed E-state index contributed by atoms with van der Waals surface area (Å²) in [7, 11) is 0. The molecule has 1 aromatic heterocycles. The Labute approximate surface area is 130 Å². The third kappa shape index (κ3) is 3.39. The maximum atomic E-state index is 12.6. The van der Waals surface area contributed by atoms with Gasteiger partial charge in [-0.25, -0.2) is 0 Å². The number of ether oxygens (including phenoxy) is 1. The fourth-order valence-corrected chi connectivity index (χ4v) is 2.89. The first-order chi connectivity index (χ1) is 10.1. The van der Waals surface area contributed by atoms with Gasteiger partial charge in [0.1, 0.15) is 5.41 Å². The van der Waals surface area contributed by atoms with Gasteiger partial charge in [0.05, 0.1) is 17.2 Å². The highest BCUT2D eigenvalue weighted by Gasteiger charge is 2.42. The average Bonchev–Trinajstić information content (AvgIpc) is 2.53. The molecule has 0 aliphatic carbocycles. The summed E-state index contributed by atoms with van der Waals surface area (Å²) in [5.74, 6) is -0.119. The highest BCUT2D eigenvalue weighted by atomic mass is 32.1. The summed E-state index contributed by atoms with van der Waals surface area (Å²) in [5, 5.41) is 2.94. The molecule has 1 saturated heterocycles. The Morgan fingerprint density at radius 3 is 2.86 bits per heavy atom. The van der Waals surface area contributed by atoms with E-state index in [-0.39, 0.29) is 10.9 Å². The molecule has 1 aromatic rings. The quantitative estimate of drug-likeness (QED) is 0.803. The van der Waals surface area contributed by atoms with Crippen molar-refractivity contribution >= 4 is 23.1 Å². The minimum absolute atomic E-state index is 0.119. The van der Waals surface area contributed by atoms with Crippen LogP contribution >= 0.6 is 12.2 Å². The molecule has 1 amide bonds. The first kappa shape index (κ1) is 15.9. The highest BCUT2D eigenvalue weighted by molar-refractivity contribution is 7.80. The van der Waals surface area contributed by atoms with Crippen molar-refractivity contribution in [3.8, 4) is 0 Å². The first-order valence-electron chi connectivity index (χ1n) is 7.19. The number of hydrogen-bond donors (Lipinski definition) is 2. The number of carbonyl (C=O) groups excluding carboxylic acids is 1. The van der Waals surface area contributed by atoms with Gasteiger partial charge in [-0.05, 0) is 30.9 Å².